The number of esters is 2. The van der Waals surface area contributed by atoms with Gasteiger partial charge in [0.1, 0.15) is 0 Å². The second-order valence-corrected chi connectivity index (χ2v) is 8.08. The van der Waals surface area contributed by atoms with E-state index in [2.05, 4.69) is 20.9 Å². The van der Waals surface area contributed by atoms with Crippen LogP contribution in [-0.2, 0) is 9.53 Å². The molecule has 33 heavy (non-hydrogen) atoms. The summed E-state index contributed by atoms with van der Waals surface area (Å²) >= 11 is 3.46. The number of rotatable bonds is 6. The number of aliphatic imine (C=N–C) groups is 1. The summed E-state index contributed by atoms with van der Waals surface area (Å²) in [5, 5.41) is 0. The first-order chi connectivity index (χ1) is 15.9. The van der Waals surface area contributed by atoms with Crippen LogP contribution in [0.1, 0.15) is 34.0 Å². The van der Waals surface area contributed by atoms with Crippen molar-refractivity contribution in [1.82, 2.24) is 0 Å². The molecule has 0 fully saturated rings. The van der Waals surface area contributed by atoms with Gasteiger partial charge in [-0.1, -0.05) is 35.9 Å². The summed E-state index contributed by atoms with van der Waals surface area (Å²) in [4.78, 5) is 29.3. The molecule has 3 aromatic carbocycles. The van der Waals surface area contributed by atoms with Crippen molar-refractivity contribution in [2.75, 3.05) is 6.61 Å². The molecule has 0 spiro atoms. The van der Waals surface area contributed by atoms with Crippen LogP contribution in [-0.4, -0.2) is 24.4 Å². The Kier molecular flexibility index (Phi) is 6.70. The van der Waals surface area contributed by atoms with Gasteiger partial charge >= 0.3 is 11.9 Å². The fraction of sp³-hybridized carbons (Fsp3) is 0.115. The molecular formula is C26H20BrNO5. The molecule has 1 aliphatic rings. The lowest BCUT2D eigenvalue weighted by Gasteiger charge is -2.14. The zero-order chi connectivity index (χ0) is 23.4. The molecule has 0 radical (unpaired) electrons. The zero-order valence-electron chi connectivity index (χ0n) is 18.0. The number of benzene rings is 3. The van der Waals surface area contributed by atoms with Crippen LogP contribution >= 0.6 is 15.9 Å². The van der Waals surface area contributed by atoms with Crippen LogP contribution in [0.4, 0.5) is 0 Å². The maximum Gasteiger partial charge on any atom is 0.363 e. The highest BCUT2D eigenvalue weighted by atomic mass is 79.9. The Bertz CT molecular complexity index is 1280. The molecule has 7 heteroatoms. The van der Waals surface area contributed by atoms with Crippen LogP contribution in [0.5, 0.6) is 11.5 Å². The molecule has 0 amide bonds. The Morgan fingerprint density at radius 3 is 2.61 bits per heavy atom. The number of hydrogen-bond donors (Lipinski definition) is 0. The van der Waals surface area contributed by atoms with Crippen molar-refractivity contribution in [2.45, 2.75) is 13.8 Å². The highest BCUT2D eigenvalue weighted by Gasteiger charge is 2.24. The number of ether oxygens (including phenoxy) is 3. The third-order valence-corrected chi connectivity index (χ3v) is 5.31. The summed E-state index contributed by atoms with van der Waals surface area (Å²) in [6, 6.07) is 19.7. The van der Waals surface area contributed by atoms with Crippen molar-refractivity contribution in [1.29, 1.82) is 0 Å². The lowest BCUT2D eigenvalue weighted by molar-refractivity contribution is -0.129. The van der Waals surface area contributed by atoms with Gasteiger partial charge in [-0.3, -0.25) is 0 Å². The van der Waals surface area contributed by atoms with Crippen molar-refractivity contribution < 1.29 is 23.8 Å². The van der Waals surface area contributed by atoms with Gasteiger partial charge in [0.2, 0.25) is 5.90 Å². The van der Waals surface area contributed by atoms with E-state index < -0.39 is 11.9 Å². The van der Waals surface area contributed by atoms with Crippen molar-refractivity contribution in [3.63, 3.8) is 0 Å². The van der Waals surface area contributed by atoms with E-state index in [1.807, 2.05) is 50.2 Å². The molecule has 3 aromatic rings. The fourth-order valence-electron chi connectivity index (χ4n) is 3.23. The van der Waals surface area contributed by atoms with E-state index in [-0.39, 0.29) is 17.3 Å². The van der Waals surface area contributed by atoms with Gasteiger partial charge in [0.25, 0.3) is 0 Å². The highest BCUT2D eigenvalue weighted by molar-refractivity contribution is 9.10. The van der Waals surface area contributed by atoms with Crippen LogP contribution in [0.3, 0.4) is 0 Å². The SMILES string of the molecule is CCOc1cc(/C=C2\N=C(c3ccccc3)OC2=O)cc(Br)c1OC(=O)c1cccc(C)c1. The van der Waals surface area contributed by atoms with Crippen LogP contribution in [0.25, 0.3) is 6.08 Å². The van der Waals surface area contributed by atoms with Gasteiger partial charge < -0.3 is 14.2 Å². The Morgan fingerprint density at radius 1 is 1.09 bits per heavy atom. The third-order valence-electron chi connectivity index (χ3n) is 4.72. The number of aryl methyl sites for hydroxylation is 1. The van der Waals surface area contributed by atoms with Crippen LogP contribution in [0, 0.1) is 6.92 Å². The lowest BCUT2D eigenvalue weighted by Crippen LogP contribution is -2.10. The molecular weight excluding hydrogens is 486 g/mol. The molecule has 0 aliphatic carbocycles. The van der Waals surface area contributed by atoms with Crippen LogP contribution < -0.4 is 9.47 Å². The minimum absolute atomic E-state index is 0.160. The number of cyclic esters (lactones) is 1. The van der Waals surface area contributed by atoms with E-state index in [0.717, 1.165) is 5.56 Å². The quantitative estimate of drug-likeness (QED) is 0.243. The molecule has 1 heterocycles. The Hall–Kier alpha value is -3.71. The first kappa shape index (κ1) is 22.5. The van der Waals surface area contributed by atoms with Crippen LogP contribution in [0.2, 0.25) is 0 Å². The summed E-state index contributed by atoms with van der Waals surface area (Å²) < 4.78 is 17.2. The van der Waals surface area contributed by atoms with E-state index in [1.165, 1.54) is 0 Å². The summed E-state index contributed by atoms with van der Waals surface area (Å²) in [6.45, 7) is 4.09. The van der Waals surface area contributed by atoms with E-state index in [9.17, 15) is 9.59 Å². The Balaban J connectivity index is 1.65. The van der Waals surface area contributed by atoms with E-state index in [1.54, 1.807) is 36.4 Å². The molecule has 6 nitrogen and oxygen atoms in total. The Morgan fingerprint density at radius 2 is 1.88 bits per heavy atom. The average molecular weight is 506 g/mol. The van der Waals surface area contributed by atoms with Gasteiger partial charge in [0.05, 0.1) is 16.6 Å². The number of halogens is 1. The maximum atomic E-state index is 12.7. The van der Waals surface area contributed by atoms with Crippen molar-refractivity contribution in [2.24, 2.45) is 4.99 Å². The maximum absolute atomic E-state index is 12.7. The largest absolute Gasteiger partial charge is 0.490 e. The predicted octanol–water partition coefficient (Wildman–Crippen LogP) is 5.72. The molecule has 0 unspecified atom stereocenters. The third kappa shape index (κ3) is 5.21. The van der Waals surface area contributed by atoms with Gasteiger partial charge in [0.15, 0.2) is 17.2 Å². The average Bonchev–Trinajstić information content (AvgIpc) is 3.17. The van der Waals surface area contributed by atoms with Crippen LogP contribution in [0.15, 0.2) is 81.9 Å². The second-order valence-electron chi connectivity index (χ2n) is 7.22. The number of carbonyl (C=O) groups excluding carboxylic acids is 2. The highest BCUT2D eigenvalue weighted by Crippen LogP contribution is 2.38. The zero-order valence-corrected chi connectivity index (χ0v) is 19.6. The van der Waals surface area contributed by atoms with Gasteiger partial charge in [-0.15, -0.1) is 0 Å². The fourth-order valence-corrected chi connectivity index (χ4v) is 3.77. The van der Waals surface area contributed by atoms with E-state index in [0.29, 0.717) is 33.5 Å². The summed E-state index contributed by atoms with van der Waals surface area (Å²) in [6.07, 6.45) is 1.59. The second kappa shape index (κ2) is 9.83. The summed E-state index contributed by atoms with van der Waals surface area (Å²) in [7, 11) is 0. The first-order valence-electron chi connectivity index (χ1n) is 10.3. The summed E-state index contributed by atoms with van der Waals surface area (Å²) in [5.74, 6) is -0.174. The standard InChI is InChI=1S/C26H20BrNO5/c1-3-31-22-15-17(14-21-26(30)33-24(28-21)18-9-5-4-6-10-18)13-20(27)23(22)32-25(29)19-11-7-8-16(2)12-19/h4-15H,3H2,1-2H3/b21-14-. The molecule has 166 valence electrons. The van der Waals surface area contributed by atoms with Gasteiger partial charge in [0, 0.05) is 5.56 Å². The summed E-state index contributed by atoms with van der Waals surface area (Å²) in [5.41, 5.74) is 2.89. The van der Waals surface area contributed by atoms with Crippen molar-refractivity contribution in [3.8, 4) is 11.5 Å². The number of carbonyl (C=O) groups is 2. The molecule has 1 aliphatic heterocycles. The minimum Gasteiger partial charge on any atom is -0.490 e. The monoisotopic (exact) mass is 505 g/mol. The smallest absolute Gasteiger partial charge is 0.363 e. The van der Waals surface area contributed by atoms with E-state index in [4.69, 9.17) is 14.2 Å². The van der Waals surface area contributed by atoms with Crippen molar-refractivity contribution >= 4 is 39.8 Å². The lowest BCUT2D eigenvalue weighted by atomic mass is 10.1. The van der Waals surface area contributed by atoms with Gasteiger partial charge in [-0.25, -0.2) is 14.6 Å². The first-order valence-corrected chi connectivity index (χ1v) is 11.1. The minimum atomic E-state index is -0.544. The molecule has 0 saturated heterocycles. The Labute approximate surface area is 199 Å². The molecule has 4 rings (SSSR count). The molecule has 0 bridgehead atoms. The number of nitrogens with zero attached hydrogens (tertiary/aromatic N) is 1. The van der Waals surface area contributed by atoms with Crippen molar-refractivity contribution in [3.05, 3.63) is 99.2 Å². The molecule has 0 atom stereocenters. The number of hydrogen-bond acceptors (Lipinski definition) is 6. The topological polar surface area (TPSA) is 74.2 Å². The predicted molar refractivity (Wildman–Crippen MR) is 128 cm³/mol. The molecule has 0 N–H and O–H groups in total. The molecule has 0 saturated carbocycles. The van der Waals surface area contributed by atoms with Gasteiger partial charge in [-0.05, 0) is 77.8 Å². The van der Waals surface area contributed by atoms with Gasteiger partial charge in [-0.2, -0.15) is 0 Å². The normalized spacial score (nSPS) is 14.1. The molecule has 0 aromatic heterocycles. The van der Waals surface area contributed by atoms with E-state index >= 15 is 0 Å².